The fourth-order valence-corrected chi connectivity index (χ4v) is 8.79. The molecule has 0 aromatic heterocycles. The summed E-state index contributed by atoms with van der Waals surface area (Å²) in [6.07, 6.45) is 93.5. The first-order valence-electron chi connectivity index (χ1n) is 32.7. The topological polar surface area (TPSA) is 78.9 Å². The van der Waals surface area contributed by atoms with Crippen LogP contribution in [0.5, 0.6) is 0 Å². The molecule has 0 aliphatic carbocycles. The van der Waals surface area contributed by atoms with Crippen molar-refractivity contribution in [1.29, 1.82) is 0 Å². The molecule has 0 aromatic carbocycles. The number of unbranched alkanes of at least 4 members (excludes halogenated alkanes) is 25. The van der Waals surface area contributed by atoms with Gasteiger partial charge in [0.15, 0.2) is 6.10 Å². The summed E-state index contributed by atoms with van der Waals surface area (Å²) in [6.45, 7) is 6.32. The van der Waals surface area contributed by atoms with Crippen molar-refractivity contribution in [1.82, 2.24) is 0 Å². The summed E-state index contributed by atoms with van der Waals surface area (Å²) in [5, 5.41) is 0. The molecular weight excluding hydrogens is 973 g/mol. The van der Waals surface area contributed by atoms with Gasteiger partial charge < -0.3 is 14.2 Å². The van der Waals surface area contributed by atoms with Gasteiger partial charge in [0.05, 0.1) is 0 Å². The third kappa shape index (κ3) is 64.3. The SMILES string of the molecule is CC/C=C\C/C=C\C/C=C\C/C=C\C/C=C\C/C=C\CCC(=O)OC(COC(=O)CCCCCCC/C=C\CCCC)COC(=O)CCCCCCCCCCCCCCCCCCCC/C=C\C/C=C\C/C=C\C/C=C\CC. The van der Waals surface area contributed by atoms with Gasteiger partial charge >= 0.3 is 17.9 Å². The molecule has 0 bridgehead atoms. The van der Waals surface area contributed by atoms with Gasteiger partial charge in [-0.15, -0.1) is 0 Å². The van der Waals surface area contributed by atoms with Crippen LogP contribution < -0.4 is 0 Å². The summed E-state index contributed by atoms with van der Waals surface area (Å²) in [5.74, 6) is -1.00. The highest BCUT2D eigenvalue weighted by molar-refractivity contribution is 5.71. The number of ether oxygens (including phenoxy) is 3. The summed E-state index contributed by atoms with van der Waals surface area (Å²) in [5.41, 5.74) is 0. The average Bonchev–Trinajstić information content (AvgIpc) is 3.45. The van der Waals surface area contributed by atoms with Gasteiger partial charge in [-0.25, -0.2) is 0 Å². The monoisotopic (exact) mass is 1090 g/mol. The summed E-state index contributed by atoms with van der Waals surface area (Å²) in [6, 6.07) is 0. The van der Waals surface area contributed by atoms with Gasteiger partial charge in [-0.2, -0.15) is 0 Å². The second-order valence-corrected chi connectivity index (χ2v) is 21.3. The van der Waals surface area contributed by atoms with Gasteiger partial charge in [0, 0.05) is 19.3 Å². The van der Waals surface area contributed by atoms with E-state index in [0.717, 1.165) is 116 Å². The molecule has 6 nitrogen and oxygen atoms in total. The highest BCUT2D eigenvalue weighted by Gasteiger charge is 2.19. The van der Waals surface area contributed by atoms with E-state index in [2.05, 4.69) is 148 Å². The van der Waals surface area contributed by atoms with Crippen LogP contribution in [0.3, 0.4) is 0 Å². The molecular formula is C73H120O6. The lowest BCUT2D eigenvalue weighted by Crippen LogP contribution is -2.30. The Morgan fingerprint density at radius 2 is 0.519 bits per heavy atom. The zero-order valence-electron chi connectivity index (χ0n) is 51.3. The first-order chi connectivity index (χ1) is 39.0. The van der Waals surface area contributed by atoms with Gasteiger partial charge in [0.1, 0.15) is 13.2 Å². The Labute approximate surface area is 487 Å². The van der Waals surface area contributed by atoms with Crippen LogP contribution in [-0.2, 0) is 28.6 Å². The molecule has 1 unspecified atom stereocenters. The smallest absolute Gasteiger partial charge is 0.306 e. The van der Waals surface area contributed by atoms with Gasteiger partial charge in [-0.05, 0) is 116 Å². The minimum atomic E-state index is -0.825. The molecule has 0 fully saturated rings. The van der Waals surface area contributed by atoms with E-state index in [1.54, 1.807) is 0 Å². The quantitative estimate of drug-likeness (QED) is 0.0261. The first-order valence-corrected chi connectivity index (χ1v) is 32.7. The van der Waals surface area contributed by atoms with Crippen LogP contribution in [0.1, 0.15) is 290 Å². The van der Waals surface area contributed by atoms with E-state index in [0.29, 0.717) is 19.3 Å². The second-order valence-electron chi connectivity index (χ2n) is 21.3. The largest absolute Gasteiger partial charge is 0.462 e. The lowest BCUT2D eigenvalue weighted by atomic mass is 10.0. The summed E-state index contributed by atoms with van der Waals surface area (Å²) in [4.78, 5) is 38.2. The second kappa shape index (κ2) is 66.1. The van der Waals surface area contributed by atoms with Crippen LogP contribution >= 0.6 is 0 Å². The summed E-state index contributed by atoms with van der Waals surface area (Å²) in [7, 11) is 0. The number of esters is 3. The third-order valence-electron chi connectivity index (χ3n) is 13.6. The molecule has 0 saturated heterocycles. The van der Waals surface area contributed by atoms with Crippen LogP contribution in [0.2, 0.25) is 0 Å². The van der Waals surface area contributed by atoms with Crippen molar-refractivity contribution in [2.45, 2.75) is 297 Å². The molecule has 0 heterocycles. The van der Waals surface area contributed by atoms with Crippen molar-refractivity contribution in [2.24, 2.45) is 0 Å². The van der Waals surface area contributed by atoms with Crippen LogP contribution in [0.25, 0.3) is 0 Å². The van der Waals surface area contributed by atoms with E-state index in [4.69, 9.17) is 14.2 Å². The number of rotatable bonds is 58. The molecule has 0 spiro atoms. The zero-order chi connectivity index (χ0) is 57.1. The zero-order valence-corrected chi connectivity index (χ0v) is 51.3. The number of allylic oxidation sites excluding steroid dienone is 22. The Bertz CT molecular complexity index is 1680. The van der Waals surface area contributed by atoms with E-state index in [-0.39, 0.29) is 31.6 Å². The van der Waals surface area contributed by atoms with Crippen LogP contribution in [0.15, 0.2) is 134 Å². The number of carbonyl (C=O) groups excluding carboxylic acids is 3. The molecule has 0 aliphatic heterocycles. The molecule has 0 aromatic rings. The highest BCUT2D eigenvalue weighted by Crippen LogP contribution is 2.16. The fraction of sp³-hybridized carbons (Fsp3) is 0.658. The van der Waals surface area contributed by atoms with Crippen molar-refractivity contribution in [2.75, 3.05) is 13.2 Å². The molecule has 0 amide bonds. The summed E-state index contributed by atoms with van der Waals surface area (Å²) < 4.78 is 16.8. The van der Waals surface area contributed by atoms with E-state index in [1.807, 2.05) is 6.08 Å². The average molecular weight is 1090 g/mol. The predicted octanol–water partition coefficient (Wildman–Crippen LogP) is 22.5. The van der Waals surface area contributed by atoms with Crippen LogP contribution in [0, 0.1) is 0 Å². The Hall–Kier alpha value is -4.45. The maximum atomic E-state index is 12.9. The van der Waals surface area contributed by atoms with Crippen molar-refractivity contribution >= 4 is 17.9 Å². The number of hydrogen-bond acceptors (Lipinski definition) is 6. The number of carbonyl (C=O) groups is 3. The molecule has 0 saturated carbocycles. The minimum absolute atomic E-state index is 0.112. The Morgan fingerprint density at radius 3 is 0.835 bits per heavy atom. The van der Waals surface area contributed by atoms with Crippen molar-refractivity contribution in [3.8, 4) is 0 Å². The van der Waals surface area contributed by atoms with Gasteiger partial charge in [-0.3, -0.25) is 14.4 Å². The molecule has 6 heteroatoms. The van der Waals surface area contributed by atoms with E-state index in [1.165, 1.54) is 128 Å². The lowest BCUT2D eigenvalue weighted by Gasteiger charge is -2.18. The minimum Gasteiger partial charge on any atom is -0.462 e. The van der Waals surface area contributed by atoms with Gasteiger partial charge in [0.25, 0.3) is 0 Å². The highest BCUT2D eigenvalue weighted by atomic mass is 16.6. The van der Waals surface area contributed by atoms with Crippen LogP contribution in [0.4, 0.5) is 0 Å². The maximum Gasteiger partial charge on any atom is 0.306 e. The Kier molecular flexibility index (Phi) is 62.3. The maximum absolute atomic E-state index is 12.9. The molecule has 0 aliphatic rings. The Balaban J connectivity index is 4.26. The predicted molar refractivity (Wildman–Crippen MR) is 343 cm³/mol. The van der Waals surface area contributed by atoms with Crippen molar-refractivity contribution in [3.63, 3.8) is 0 Å². The van der Waals surface area contributed by atoms with Gasteiger partial charge in [-0.1, -0.05) is 289 Å². The van der Waals surface area contributed by atoms with Gasteiger partial charge in [0.2, 0.25) is 0 Å². The molecule has 79 heavy (non-hydrogen) atoms. The molecule has 1 atom stereocenters. The van der Waals surface area contributed by atoms with E-state index >= 15 is 0 Å². The lowest BCUT2D eigenvalue weighted by molar-refractivity contribution is -0.166. The normalized spacial score (nSPS) is 13.0. The van der Waals surface area contributed by atoms with Crippen LogP contribution in [-0.4, -0.2) is 37.2 Å². The fourth-order valence-electron chi connectivity index (χ4n) is 8.79. The molecule has 448 valence electrons. The summed E-state index contributed by atoms with van der Waals surface area (Å²) >= 11 is 0. The molecule has 0 rings (SSSR count). The Morgan fingerprint density at radius 1 is 0.266 bits per heavy atom. The molecule has 0 N–H and O–H groups in total. The number of hydrogen-bond donors (Lipinski definition) is 0. The van der Waals surface area contributed by atoms with Crippen molar-refractivity contribution in [3.05, 3.63) is 134 Å². The van der Waals surface area contributed by atoms with Crippen molar-refractivity contribution < 1.29 is 28.6 Å². The van der Waals surface area contributed by atoms with E-state index < -0.39 is 12.1 Å². The molecule has 0 radical (unpaired) electrons. The first kappa shape index (κ1) is 74.5. The standard InChI is InChI=1S/C73H120O6/c1-4-7-10-13-16-19-22-24-26-28-30-31-32-33-34-35-36-37-38-39-40-41-43-44-46-48-51-54-57-60-63-66-72(75)78-69-70(68-77-71(74)65-62-59-56-53-50-21-18-15-12-9-6-3)79-73(76)67-64-61-58-55-52-49-47-45-42-29-27-25-23-20-17-14-11-8-5-2/h7-8,10-11,15-20,24-27,30-31,42,45,49,52,58,61,70H,4-6,9,12-14,21-23,28-29,32-41,43-44,46-48,50-51,53-57,59-60,62-69H2,1-3H3/b10-7-,11-8-,18-15-,19-16-,20-17-,26-24-,27-25-,31-30-,45-42-,52-49-,61-58-. The van der Waals surface area contributed by atoms with E-state index in [9.17, 15) is 14.4 Å². The third-order valence-corrected chi connectivity index (χ3v) is 13.6.